The van der Waals surface area contributed by atoms with Crippen molar-refractivity contribution in [1.82, 2.24) is 4.57 Å². The molecule has 1 aliphatic heterocycles. The normalized spacial score (nSPS) is 13.0. The Bertz CT molecular complexity index is 991. The van der Waals surface area contributed by atoms with Gasteiger partial charge in [0, 0.05) is 23.7 Å². The van der Waals surface area contributed by atoms with Crippen LogP contribution < -0.4 is 0 Å². The van der Waals surface area contributed by atoms with Crippen LogP contribution >= 0.6 is 0 Å². The molecule has 0 radical (unpaired) electrons. The fourth-order valence-corrected chi connectivity index (χ4v) is 3.38. The van der Waals surface area contributed by atoms with E-state index in [2.05, 4.69) is 15.6 Å². The molecule has 23 heavy (non-hydrogen) atoms. The number of aryl methyl sites for hydroxylation is 1. The SMILES string of the molecule is Cc1c2n(c3c(-c4ccccc4)cc(C#N)c(O)c13)CCN=C2. The quantitative estimate of drug-likeness (QED) is 0.746. The predicted octanol–water partition coefficient (Wildman–Crippen LogP) is 3.63. The Morgan fingerprint density at radius 2 is 2.04 bits per heavy atom. The number of aromatic hydroxyl groups is 1. The molecule has 0 saturated heterocycles. The Balaban J connectivity index is 2.21. The van der Waals surface area contributed by atoms with E-state index in [4.69, 9.17) is 0 Å². The number of hydrogen-bond donors (Lipinski definition) is 1. The average molecular weight is 301 g/mol. The maximum Gasteiger partial charge on any atom is 0.143 e. The third-order valence-electron chi connectivity index (χ3n) is 4.46. The highest BCUT2D eigenvalue weighted by atomic mass is 16.3. The second-order valence-corrected chi connectivity index (χ2v) is 5.72. The molecular formula is C19H15N3O. The van der Waals surface area contributed by atoms with Gasteiger partial charge in [-0.15, -0.1) is 0 Å². The van der Waals surface area contributed by atoms with Crippen molar-refractivity contribution in [2.75, 3.05) is 6.54 Å². The molecule has 0 spiro atoms. The smallest absolute Gasteiger partial charge is 0.143 e. The lowest BCUT2D eigenvalue weighted by Crippen LogP contribution is -2.11. The minimum absolute atomic E-state index is 0.0648. The number of rotatable bonds is 1. The molecule has 0 fully saturated rings. The topological polar surface area (TPSA) is 61.3 Å². The van der Waals surface area contributed by atoms with Crippen LogP contribution in [-0.4, -0.2) is 22.4 Å². The third kappa shape index (κ3) is 1.87. The maximum absolute atomic E-state index is 10.6. The van der Waals surface area contributed by atoms with Gasteiger partial charge in [0.05, 0.1) is 23.3 Å². The molecular weight excluding hydrogens is 286 g/mol. The van der Waals surface area contributed by atoms with Crippen molar-refractivity contribution in [1.29, 1.82) is 5.26 Å². The molecule has 4 nitrogen and oxygen atoms in total. The molecule has 0 aliphatic carbocycles. The highest BCUT2D eigenvalue weighted by Gasteiger charge is 2.23. The van der Waals surface area contributed by atoms with Gasteiger partial charge in [-0.1, -0.05) is 30.3 Å². The molecule has 1 N–H and O–H groups in total. The number of phenols is 1. The summed E-state index contributed by atoms with van der Waals surface area (Å²) < 4.78 is 2.20. The molecule has 4 heteroatoms. The van der Waals surface area contributed by atoms with E-state index in [1.165, 1.54) is 0 Å². The Labute approximate surface area is 133 Å². The summed E-state index contributed by atoms with van der Waals surface area (Å²) >= 11 is 0. The van der Waals surface area contributed by atoms with Crippen LogP contribution in [0.1, 0.15) is 16.8 Å². The summed E-state index contributed by atoms with van der Waals surface area (Å²) in [7, 11) is 0. The standard InChI is InChI=1S/C19H15N3O/c1-12-16-11-21-7-8-22(16)18-15(13-5-3-2-4-6-13)9-14(10-20)19(23)17(12)18/h2-6,9,11,23H,7-8H2,1H3. The molecule has 1 aliphatic rings. The summed E-state index contributed by atoms with van der Waals surface area (Å²) in [6.45, 7) is 3.48. The molecule has 2 heterocycles. The fourth-order valence-electron chi connectivity index (χ4n) is 3.38. The van der Waals surface area contributed by atoms with Crippen molar-refractivity contribution in [3.8, 4) is 22.9 Å². The molecule has 0 unspecified atom stereocenters. The minimum atomic E-state index is 0.0648. The van der Waals surface area contributed by atoms with E-state index in [1.807, 2.05) is 43.5 Å². The van der Waals surface area contributed by atoms with Crippen molar-refractivity contribution in [2.24, 2.45) is 4.99 Å². The first-order valence-electron chi connectivity index (χ1n) is 7.56. The van der Waals surface area contributed by atoms with Crippen LogP contribution in [0.4, 0.5) is 0 Å². The monoisotopic (exact) mass is 301 g/mol. The number of aromatic nitrogens is 1. The van der Waals surface area contributed by atoms with Crippen molar-refractivity contribution in [3.63, 3.8) is 0 Å². The number of nitriles is 1. The van der Waals surface area contributed by atoms with Gasteiger partial charge >= 0.3 is 0 Å². The van der Waals surface area contributed by atoms with E-state index in [9.17, 15) is 10.4 Å². The van der Waals surface area contributed by atoms with E-state index in [-0.39, 0.29) is 5.75 Å². The highest BCUT2D eigenvalue weighted by molar-refractivity contribution is 6.06. The van der Waals surface area contributed by atoms with Crippen molar-refractivity contribution >= 4 is 17.1 Å². The minimum Gasteiger partial charge on any atom is -0.506 e. The van der Waals surface area contributed by atoms with E-state index < -0.39 is 0 Å². The van der Waals surface area contributed by atoms with Gasteiger partial charge < -0.3 is 9.67 Å². The van der Waals surface area contributed by atoms with Crippen molar-refractivity contribution < 1.29 is 5.11 Å². The van der Waals surface area contributed by atoms with Crippen LogP contribution in [0, 0.1) is 18.3 Å². The van der Waals surface area contributed by atoms with E-state index >= 15 is 0 Å². The second kappa shape index (κ2) is 4.99. The van der Waals surface area contributed by atoms with E-state index in [0.29, 0.717) is 5.56 Å². The van der Waals surface area contributed by atoms with E-state index in [0.717, 1.165) is 46.4 Å². The molecule has 4 rings (SSSR count). The zero-order chi connectivity index (χ0) is 16.0. The molecule has 0 amide bonds. The van der Waals surface area contributed by atoms with Crippen LogP contribution in [-0.2, 0) is 6.54 Å². The number of fused-ring (bicyclic) bond motifs is 3. The zero-order valence-corrected chi connectivity index (χ0v) is 12.7. The summed E-state index contributed by atoms with van der Waals surface area (Å²) in [5, 5.41) is 20.7. The first kappa shape index (κ1) is 13.6. The number of benzene rings is 2. The molecule has 3 aromatic rings. The van der Waals surface area contributed by atoms with Crippen LogP contribution in [0.2, 0.25) is 0 Å². The molecule has 0 atom stereocenters. The van der Waals surface area contributed by atoms with Gasteiger partial charge in [0.2, 0.25) is 0 Å². The lowest BCUT2D eigenvalue weighted by atomic mass is 9.98. The summed E-state index contributed by atoms with van der Waals surface area (Å²) in [5.74, 6) is 0.0648. The molecule has 0 saturated carbocycles. The fraction of sp³-hybridized carbons (Fsp3) is 0.158. The van der Waals surface area contributed by atoms with E-state index in [1.54, 1.807) is 6.07 Å². The predicted molar refractivity (Wildman–Crippen MR) is 91.0 cm³/mol. The lowest BCUT2D eigenvalue weighted by Gasteiger charge is -2.14. The summed E-state index contributed by atoms with van der Waals surface area (Å²) in [6, 6.07) is 13.9. The van der Waals surface area contributed by atoms with Gasteiger partial charge in [-0.25, -0.2) is 0 Å². The summed E-state index contributed by atoms with van der Waals surface area (Å²) in [4.78, 5) is 4.36. The Hall–Kier alpha value is -3.06. The third-order valence-corrected chi connectivity index (χ3v) is 4.46. The lowest BCUT2D eigenvalue weighted by molar-refractivity contribution is 0.480. The Morgan fingerprint density at radius 1 is 1.26 bits per heavy atom. The Morgan fingerprint density at radius 3 is 2.78 bits per heavy atom. The van der Waals surface area contributed by atoms with Gasteiger partial charge in [-0.3, -0.25) is 4.99 Å². The van der Waals surface area contributed by atoms with Crippen LogP contribution in [0.5, 0.6) is 5.75 Å². The van der Waals surface area contributed by atoms with Gasteiger partial charge in [0.15, 0.2) is 0 Å². The number of hydrogen-bond acceptors (Lipinski definition) is 3. The van der Waals surface area contributed by atoms with Crippen LogP contribution in [0.3, 0.4) is 0 Å². The second-order valence-electron chi connectivity index (χ2n) is 5.72. The first-order valence-corrected chi connectivity index (χ1v) is 7.56. The van der Waals surface area contributed by atoms with Crippen LogP contribution in [0.15, 0.2) is 41.4 Å². The van der Waals surface area contributed by atoms with Gasteiger partial charge in [0.1, 0.15) is 11.8 Å². The first-order chi connectivity index (χ1) is 11.2. The number of phenolic OH excluding ortho intramolecular Hbond substituents is 1. The van der Waals surface area contributed by atoms with Gasteiger partial charge in [-0.2, -0.15) is 5.26 Å². The highest BCUT2D eigenvalue weighted by Crippen LogP contribution is 2.41. The van der Waals surface area contributed by atoms with Gasteiger partial charge in [0.25, 0.3) is 0 Å². The maximum atomic E-state index is 10.6. The molecule has 112 valence electrons. The number of aliphatic imine (C=N–C) groups is 1. The molecule has 1 aromatic heterocycles. The van der Waals surface area contributed by atoms with Gasteiger partial charge in [-0.05, 0) is 24.1 Å². The molecule has 0 bridgehead atoms. The number of nitrogens with zero attached hydrogens (tertiary/aromatic N) is 3. The Kier molecular flexibility index (Phi) is 2.95. The molecule has 2 aromatic carbocycles. The van der Waals surface area contributed by atoms with Crippen molar-refractivity contribution in [2.45, 2.75) is 13.5 Å². The largest absolute Gasteiger partial charge is 0.506 e. The van der Waals surface area contributed by atoms with Crippen molar-refractivity contribution in [3.05, 3.63) is 53.2 Å². The van der Waals surface area contributed by atoms with Crippen LogP contribution in [0.25, 0.3) is 22.0 Å². The summed E-state index contributed by atoms with van der Waals surface area (Å²) in [5.41, 5.74) is 5.27. The zero-order valence-electron chi connectivity index (χ0n) is 12.7. The average Bonchev–Trinajstić information content (AvgIpc) is 2.90. The summed E-state index contributed by atoms with van der Waals surface area (Å²) in [6.07, 6.45) is 1.86.